The minimum Gasteiger partial charge on any atom is -0.396 e. The summed E-state index contributed by atoms with van der Waals surface area (Å²) in [6.45, 7) is 5.65. The van der Waals surface area contributed by atoms with Gasteiger partial charge in [0.05, 0.1) is 0 Å². The van der Waals surface area contributed by atoms with Crippen LogP contribution in [0.5, 0.6) is 0 Å². The van der Waals surface area contributed by atoms with Crippen molar-refractivity contribution in [2.45, 2.75) is 32.7 Å². The van der Waals surface area contributed by atoms with Gasteiger partial charge in [0.1, 0.15) is 0 Å². The molecule has 1 aromatic carbocycles. The van der Waals surface area contributed by atoms with Crippen LogP contribution in [-0.2, 0) is 6.42 Å². The van der Waals surface area contributed by atoms with Crippen molar-refractivity contribution in [2.75, 3.05) is 24.7 Å². The van der Waals surface area contributed by atoms with Crippen molar-refractivity contribution in [2.24, 2.45) is 5.41 Å². The van der Waals surface area contributed by atoms with Crippen LogP contribution in [0.25, 0.3) is 0 Å². The van der Waals surface area contributed by atoms with Gasteiger partial charge in [-0.15, -0.1) is 0 Å². The van der Waals surface area contributed by atoms with Gasteiger partial charge in [0, 0.05) is 24.9 Å². The molecule has 0 bridgehead atoms. The van der Waals surface area contributed by atoms with Crippen LogP contribution in [0.1, 0.15) is 37.4 Å². The molecule has 1 heterocycles. The molecule has 2 N–H and O–H groups in total. The zero-order valence-corrected chi connectivity index (χ0v) is 12.8. The molecular formula is C16H25NOS. The Balaban J connectivity index is 2.04. The van der Waals surface area contributed by atoms with Gasteiger partial charge in [0.2, 0.25) is 0 Å². The molecule has 1 aromatic rings. The maximum Gasteiger partial charge on any atom is 0.0436 e. The number of aryl methyl sites for hydroxylation is 1. The van der Waals surface area contributed by atoms with E-state index in [1.807, 2.05) is 11.8 Å². The summed E-state index contributed by atoms with van der Waals surface area (Å²) in [4.78, 5) is 0. The van der Waals surface area contributed by atoms with Gasteiger partial charge in [0.15, 0.2) is 0 Å². The Hall–Kier alpha value is -0.510. The topological polar surface area (TPSA) is 32.3 Å². The minimum atomic E-state index is 0.153. The summed E-state index contributed by atoms with van der Waals surface area (Å²) in [5.74, 6) is 2.36. The number of hydrogen-bond donors (Lipinski definition) is 2. The number of aliphatic hydroxyl groups excluding tert-OH is 1. The van der Waals surface area contributed by atoms with Gasteiger partial charge in [-0.3, -0.25) is 0 Å². The summed E-state index contributed by atoms with van der Waals surface area (Å²) < 4.78 is 0. The number of hydrogen-bond acceptors (Lipinski definition) is 3. The number of aliphatic hydroxyl groups is 1. The highest BCUT2D eigenvalue weighted by Gasteiger charge is 2.22. The molecule has 1 atom stereocenters. The number of benzene rings is 1. The number of thioether (sulfide) groups is 1. The van der Waals surface area contributed by atoms with E-state index in [0.29, 0.717) is 6.04 Å². The fourth-order valence-corrected chi connectivity index (χ4v) is 3.60. The van der Waals surface area contributed by atoms with Gasteiger partial charge in [-0.1, -0.05) is 38.1 Å². The molecule has 19 heavy (non-hydrogen) atoms. The highest BCUT2D eigenvalue weighted by atomic mass is 32.2. The molecule has 3 heteroatoms. The van der Waals surface area contributed by atoms with Crippen molar-refractivity contribution in [3.63, 3.8) is 0 Å². The predicted molar refractivity (Wildman–Crippen MR) is 83.7 cm³/mol. The number of nitrogens with one attached hydrogen (secondary N) is 1. The minimum absolute atomic E-state index is 0.153. The average molecular weight is 279 g/mol. The molecule has 1 unspecified atom stereocenters. The molecule has 0 aromatic heterocycles. The maximum absolute atomic E-state index is 9.11. The van der Waals surface area contributed by atoms with E-state index in [0.717, 1.165) is 18.7 Å². The Bertz CT molecular complexity index is 405. The van der Waals surface area contributed by atoms with Gasteiger partial charge in [-0.05, 0) is 35.1 Å². The van der Waals surface area contributed by atoms with E-state index in [9.17, 15) is 0 Å². The van der Waals surface area contributed by atoms with E-state index >= 15 is 0 Å². The first kappa shape index (κ1) is 14.9. The Labute approximate surface area is 121 Å². The van der Waals surface area contributed by atoms with E-state index in [2.05, 4.69) is 43.4 Å². The van der Waals surface area contributed by atoms with Crippen LogP contribution in [0.4, 0.5) is 0 Å². The van der Waals surface area contributed by atoms with Crippen molar-refractivity contribution in [3.05, 3.63) is 35.4 Å². The lowest BCUT2D eigenvalue weighted by Gasteiger charge is -2.28. The molecule has 0 aliphatic carbocycles. The standard InChI is InChI=1S/C16H25NOS/c1-16(2,8-9-18)12-17-15-11-19-10-7-13-5-3-4-6-14(13)15/h3-6,15,17-18H,7-12H2,1-2H3. The second-order valence-electron chi connectivity index (χ2n) is 6.10. The Morgan fingerprint density at radius 2 is 2.16 bits per heavy atom. The first-order valence-corrected chi connectivity index (χ1v) is 8.28. The van der Waals surface area contributed by atoms with Crippen LogP contribution < -0.4 is 5.32 Å². The van der Waals surface area contributed by atoms with Crippen molar-refractivity contribution in [3.8, 4) is 0 Å². The zero-order valence-electron chi connectivity index (χ0n) is 12.0. The predicted octanol–water partition coefficient (Wildman–Crippen LogP) is 3.02. The Morgan fingerprint density at radius 3 is 2.95 bits per heavy atom. The molecule has 1 aliphatic rings. The molecular weight excluding hydrogens is 254 g/mol. The Morgan fingerprint density at radius 1 is 1.37 bits per heavy atom. The lowest BCUT2D eigenvalue weighted by atomic mass is 9.89. The van der Waals surface area contributed by atoms with Gasteiger partial charge in [-0.2, -0.15) is 11.8 Å². The van der Waals surface area contributed by atoms with Crippen LogP contribution in [0.15, 0.2) is 24.3 Å². The monoisotopic (exact) mass is 279 g/mol. The summed E-state index contributed by atoms with van der Waals surface area (Å²) in [6, 6.07) is 9.25. The third kappa shape index (κ3) is 4.23. The molecule has 2 nitrogen and oxygen atoms in total. The summed E-state index contributed by atoms with van der Waals surface area (Å²) in [5.41, 5.74) is 3.11. The summed E-state index contributed by atoms with van der Waals surface area (Å²) in [6.07, 6.45) is 2.03. The van der Waals surface area contributed by atoms with Crippen molar-refractivity contribution in [1.29, 1.82) is 0 Å². The first-order valence-electron chi connectivity index (χ1n) is 7.12. The second-order valence-corrected chi connectivity index (χ2v) is 7.24. The van der Waals surface area contributed by atoms with Crippen LogP contribution in [0.2, 0.25) is 0 Å². The Kier molecular flexibility index (Phi) is 5.31. The van der Waals surface area contributed by atoms with Crippen molar-refractivity contribution >= 4 is 11.8 Å². The highest BCUT2D eigenvalue weighted by molar-refractivity contribution is 7.99. The molecule has 106 valence electrons. The summed E-state index contributed by atoms with van der Waals surface area (Å²) in [5, 5.41) is 12.8. The van der Waals surface area contributed by atoms with Gasteiger partial charge >= 0.3 is 0 Å². The first-order chi connectivity index (χ1) is 9.12. The number of rotatable bonds is 5. The largest absolute Gasteiger partial charge is 0.396 e. The molecule has 2 rings (SSSR count). The third-order valence-corrected chi connectivity index (χ3v) is 4.91. The highest BCUT2D eigenvalue weighted by Crippen LogP contribution is 2.28. The fraction of sp³-hybridized carbons (Fsp3) is 0.625. The third-order valence-electron chi connectivity index (χ3n) is 3.85. The van der Waals surface area contributed by atoms with E-state index in [-0.39, 0.29) is 12.0 Å². The average Bonchev–Trinajstić information content (AvgIpc) is 2.58. The van der Waals surface area contributed by atoms with Crippen LogP contribution in [0.3, 0.4) is 0 Å². The van der Waals surface area contributed by atoms with Crippen LogP contribution >= 0.6 is 11.8 Å². The molecule has 1 aliphatic heterocycles. The normalized spacial score (nSPS) is 19.8. The molecule has 0 saturated heterocycles. The number of fused-ring (bicyclic) bond motifs is 1. The quantitative estimate of drug-likeness (QED) is 0.869. The van der Waals surface area contributed by atoms with E-state index in [1.54, 1.807) is 0 Å². The van der Waals surface area contributed by atoms with Crippen LogP contribution in [-0.4, -0.2) is 29.8 Å². The van der Waals surface area contributed by atoms with Crippen LogP contribution in [0, 0.1) is 5.41 Å². The van der Waals surface area contributed by atoms with Crippen molar-refractivity contribution < 1.29 is 5.11 Å². The smallest absolute Gasteiger partial charge is 0.0436 e. The zero-order chi connectivity index (χ0) is 13.7. The lowest BCUT2D eigenvalue weighted by molar-refractivity contribution is 0.204. The molecule has 0 amide bonds. The van der Waals surface area contributed by atoms with E-state index in [4.69, 9.17) is 5.11 Å². The molecule has 0 radical (unpaired) electrons. The van der Waals surface area contributed by atoms with Gasteiger partial charge < -0.3 is 10.4 Å². The second kappa shape index (κ2) is 6.78. The van der Waals surface area contributed by atoms with E-state index < -0.39 is 0 Å². The molecule has 0 spiro atoms. The lowest BCUT2D eigenvalue weighted by Crippen LogP contribution is -2.34. The van der Waals surface area contributed by atoms with Crippen molar-refractivity contribution in [1.82, 2.24) is 5.32 Å². The summed E-state index contributed by atoms with van der Waals surface area (Å²) >= 11 is 2.03. The fourth-order valence-electron chi connectivity index (χ4n) is 2.53. The maximum atomic E-state index is 9.11. The molecule has 0 fully saturated rings. The van der Waals surface area contributed by atoms with Gasteiger partial charge in [0.25, 0.3) is 0 Å². The van der Waals surface area contributed by atoms with E-state index in [1.165, 1.54) is 23.3 Å². The summed E-state index contributed by atoms with van der Waals surface area (Å²) in [7, 11) is 0. The molecule has 0 saturated carbocycles. The van der Waals surface area contributed by atoms with Gasteiger partial charge in [-0.25, -0.2) is 0 Å². The SMILES string of the molecule is CC(C)(CCO)CNC1CSCCc2ccccc21.